The van der Waals surface area contributed by atoms with E-state index in [9.17, 15) is 0 Å². The molecule has 94 valence electrons. The second kappa shape index (κ2) is 15.6. The van der Waals surface area contributed by atoms with Crippen molar-refractivity contribution < 1.29 is 128 Å². The summed E-state index contributed by atoms with van der Waals surface area (Å²) >= 11 is -6.06. The first-order valence-electron chi connectivity index (χ1n) is 3.05. The second-order valence-corrected chi connectivity index (χ2v) is 6.24. The Morgan fingerprint density at radius 3 is 0.450 bits per heavy atom. The van der Waals surface area contributed by atoms with Gasteiger partial charge in [-0.1, -0.05) is 0 Å². The maximum Gasteiger partial charge on any atom is 1.00 e. The molecule has 0 saturated heterocycles. The second-order valence-electron chi connectivity index (χ2n) is 1.51. The van der Waals surface area contributed by atoms with Crippen LogP contribution in [0.5, 0.6) is 0 Å². The summed E-state index contributed by atoms with van der Waals surface area (Å²) in [6, 6.07) is 0. The zero-order chi connectivity index (χ0) is 14.7. The van der Waals surface area contributed by atoms with E-state index in [2.05, 4.69) is 0 Å². The van der Waals surface area contributed by atoms with Gasteiger partial charge in [-0.25, -0.2) is 0 Å². The van der Waals surface area contributed by atoms with Gasteiger partial charge >= 0.3 is 210 Å². The van der Waals surface area contributed by atoms with Crippen molar-refractivity contribution in [3.63, 3.8) is 0 Å². The van der Waals surface area contributed by atoms with Crippen LogP contribution in [0.2, 0.25) is 0 Å². The van der Waals surface area contributed by atoms with Crippen molar-refractivity contribution in [2.45, 2.75) is 0 Å². The molecule has 0 atom stereocenters. The first kappa shape index (κ1) is 28.4. The molecular weight excluding hydrogens is 404 g/mol. The van der Waals surface area contributed by atoms with E-state index in [1.54, 1.807) is 0 Å². The number of nitriles is 8. The minimum Gasteiger partial charge on any atom is 1.00 e. The van der Waals surface area contributed by atoms with Gasteiger partial charge in [-0.2, -0.15) is 0 Å². The summed E-state index contributed by atoms with van der Waals surface area (Å²) in [6.07, 6.45) is 0. The Morgan fingerprint density at radius 1 is 0.350 bits per heavy atom. The van der Waals surface area contributed by atoms with E-state index >= 15 is 0 Å². The van der Waals surface area contributed by atoms with E-state index in [1.807, 2.05) is 0 Å². The van der Waals surface area contributed by atoms with E-state index in [1.165, 1.54) is 40.3 Å². The smallest absolute Gasteiger partial charge is 1.00 e. The summed E-state index contributed by atoms with van der Waals surface area (Å²) in [6.45, 7) is 0. The van der Waals surface area contributed by atoms with E-state index in [4.69, 9.17) is 42.1 Å². The third-order valence-corrected chi connectivity index (χ3v) is 3.50. The fraction of sp³-hybridized carbons (Fsp3) is 0. The standard InChI is InChI=1S/8CN.2K.2Ni/c8*1-2;;;;/q;;;;;;;;2*+1;2*-1. The van der Waals surface area contributed by atoms with Crippen LogP contribution in [0.1, 0.15) is 0 Å². The van der Waals surface area contributed by atoms with E-state index in [-0.39, 0.29) is 103 Å². The fourth-order valence-corrected chi connectivity index (χ4v) is 0.782. The van der Waals surface area contributed by atoms with Crippen molar-refractivity contribution in [2.24, 2.45) is 0 Å². The Balaban J connectivity index is -0.000000116. The molecule has 8 nitrogen and oxygen atoms in total. The van der Waals surface area contributed by atoms with Crippen LogP contribution in [-0.2, 0) is 24.8 Å². The monoisotopic (exact) mass is 402 g/mol. The molecule has 0 radical (unpaired) electrons. The molecule has 20 heavy (non-hydrogen) atoms. The molecule has 0 aromatic heterocycles. The van der Waals surface area contributed by atoms with Crippen molar-refractivity contribution >= 4 is 0 Å². The fourth-order valence-electron chi connectivity index (χ4n) is 0.190. The third kappa shape index (κ3) is 9.18. The Hall–Kier alpha value is 0.180. The zero-order valence-electron chi connectivity index (χ0n) is 10.2. The quantitative estimate of drug-likeness (QED) is 0.357. The minimum absolute atomic E-state index is 0. The van der Waals surface area contributed by atoms with Gasteiger partial charge in [0.15, 0.2) is 0 Å². The molecule has 0 aliphatic rings. The summed E-state index contributed by atoms with van der Waals surface area (Å²) in [7, 11) is 0. The molecule has 0 fully saturated rings. The molecule has 0 heterocycles. The molecule has 0 aliphatic carbocycles. The summed E-state index contributed by atoms with van der Waals surface area (Å²) < 4.78 is 0. The number of hydrogen-bond acceptors (Lipinski definition) is 8. The summed E-state index contributed by atoms with van der Waals surface area (Å²) in [5.41, 5.74) is 0. The Morgan fingerprint density at radius 2 is 0.450 bits per heavy atom. The molecule has 0 rings (SSSR count). The average Bonchev–Trinajstić information content (AvgIpc) is 2.46. The van der Waals surface area contributed by atoms with E-state index in [0.29, 0.717) is 0 Å². The normalized spacial score (nSPS) is 8.40. The van der Waals surface area contributed by atoms with Gasteiger partial charge in [-0.05, 0) is 0 Å². The van der Waals surface area contributed by atoms with Crippen molar-refractivity contribution in [3.8, 4) is 40.3 Å². The van der Waals surface area contributed by atoms with Crippen molar-refractivity contribution in [1.82, 2.24) is 0 Å². The molecule has 0 spiro atoms. The average molecular weight is 404 g/mol. The van der Waals surface area contributed by atoms with Gasteiger partial charge in [0.2, 0.25) is 0 Å². The van der Waals surface area contributed by atoms with Crippen LogP contribution >= 0.6 is 0 Å². The van der Waals surface area contributed by atoms with E-state index < -0.39 is 24.8 Å². The predicted octanol–water partition coefficient (Wildman–Crippen LogP) is -5.86. The maximum atomic E-state index is 8.10. The van der Waals surface area contributed by atoms with Crippen LogP contribution in [-0.4, -0.2) is 0 Å². The summed E-state index contributed by atoms with van der Waals surface area (Å²) in [5.74, 6) is 0. The Kier molecular flexibility index (Phi) is 22.1. The zero-order valence-corrected chi connectivity index (χ0v) is 18.4. The largest absolute Gasteiger partial charge is 1.00 e. The Bertz CT molecular complexity index is 480. The van der Waals surface area contributed by atoms with Gasteiger partial charge < -0.3 is 0 Å². The molecule has 0 aliphatic heterocycles. The maximum absolute atomic E-state index is 8.10. The summed E-state index contributed by atoms with van der Waals surface area (Å²) in [4.78, 5) is 0. The summed E-state index contributed by atoms with van der Waals surface area (Å²) in [5, 5.41) is 75.8. The predicted molar refractivity (Wildman–Crippen MR) is 44.9 cm³/mol. The van der Waals surface area contributed by atoms with Crippen LogP contribution in [0.4, 0.5) is 0 Å². The van der Waals surface area contributed by atoms with Crippen LogP contribution < -0.4 is 103 Å². The van der Waals surface area contributed by atoms with Crippen LogP contribution in [0.15, 0.2) is 0 Å². The molecule has 0 amide bonds. The van der Waals surface area contributed by atoms with Crippen molar-refractivity contribution in [3.05, 3.63) is 0 Å². The molecule has 0 saturated carbocycles. The number of rotatable bonds is 0. The van der Waals surface area contributed by atoms with Gasteiger partial charge in [-0.3, -0.25) is 0 Å². The molecule has 0 aromatic rings. The van der Waals surface area contributed by atoms with Gasteiger partial charge in [0.05, 0.1) is 0 Å². The molecule has 0 N–H and O–H groups in total. The molecule has 0 unspecified atom stereocenters. The number of nitrogens with zero attached hydrogens (tertiary/aromatic N) is 8. The van der Waals surface area contributed by atoms with Gasteiger partial charge in [0.25, 0.3) is 0 Å². The van der Waals surface area contributed by atoms with E-state index in [0.717, 1.165) is 0 Å². The van der Waals surface area contributed by atoms with Crippen LogP contribution in [0, 0.1) is 82.4 Å². The molecular formula is C8K2N8Ni2. The van der Waals surface area contributed by atoms with Crippen molar-refractivity contribution in [2.75, 3.05) is 0 Å². The third-order valence-electron chi connectivity index (χ3n) is 0.849. The molecule has 0 aromatic carbocycles. The van der Waals surface area contributed by atoms with Gasteiger partial charge in [-0.15, -0.1) is 0 Å². The minimum atomic E-state index is -3.03. The molecule has 12 heteroatoms. The molecule has 0 bridgehead atoms. The van der Waals surface area contributed by atoms with Crippen LogP contribution in [0.25, 0.3) is 0 Å². The van der Waals surface area contributed by atoms with Gasteiger partial charge in [0, 0.05) is 0 Å². The van der Waals surface area contributed by atoms with Gasteiger partial charge in [0.1, 0.15) is 0 Å². The first-order valence-corrected chi connectivity index (χ1v) is 7.00. The van der Waals surface area contributed by atoms with Crippen LogP contribution in [0.3, 0.4) is 0 Å². The first-order chi connectivity index (χ1) is 8.49. The Labute approximate surface area is 205 Å². The topological polar surface area (TPSA) is 190 Å². The SMILES string of the molecule is N#[C][Ni-]([C]#N)([C]#N)[C]#N.N#[C][Ni-]([C]#N)([C]#N)[C]#N.[K+].[K+]. The number of hydrogen-bond donors (Lipinski definition) is 0. The van der Waals surface area contributed by atoms with Crippen molar-refractivity contribution in [1.29, 1.82) is 42.1 Å².